The number of hydrogen-bond donors (Lipinski definition) is 0. The highest BCUT2D eigenvalue weighted by atomic mass is 16.6. The quantitative estimate of drug-likeness (QED) is 0.0261. The summed E-state index contributed by atoms with van der Waals surface area (Å²) in [5.74, 6) is -0.964. The maximum atomic E-state index is 12.9. The molecule has 0 heterocycles. The van der Waals surface area contributed by atoms with E-state index in [0.29, 0.717) is 19.3 Å². The van der Waals surface area contributed by atoms with Crippen molar-refractivity contribution in [2.45, 2.75) is 258 Å². The van der Waals surface area contributed by atoms with Crippen molar-refractivity contribution in [3.05, 3.63) is 158 Å². The fourth-order valence-corrected chi connectivity index (χ4v) is 7.90. The Hall–Kier alpha value is -4.97. The molecule has 0 aromatic carbocycles. The first-order valence-electron chi connectivity index (χ1n) is 31.0. The average molecular weight is 1060 g/mol. The number of rotatable bonds is 54. The molecule has 1 atom stereocenters. The summed E-state index contributed by atoms with van der Waals surface area (Å²) in [6, 6.07) is 0. The molecule has 0 aromatic heterocycles. The van der Waals surface area contributed by atoms with Crippen LogP contribution in [-0.2, 0) is 28.6 Å². The van der Waals surface area contributed by atoms with E-state index in [1.54, 1.807) is 0 Å². The van der Waals surface area contributed by atoms with Crippen molar-refractivity contribution >= 4 is 17.9 Å². The molecule has 432 valence electrons. The third-order valence-electron chi connectivity index (χ3n) is 12.5. The zero-order valence-corrected chi connectivity index (χ0v) is 49.4. The number of hydrogen-bond acceptors (Lipinski definition) is 6. The molecule has 0 rings (SSSR count). The Morgan fingerprint density at radius 2 is 0.506 bits per heavy atom. The van der Waals surface area contributed by atoms with Gasteiger partial charge in [-0.1, -0.05) is 249 Å². The zero-order valence-electron chi connectivity index (χ0n) is 49.4. The van der Waals surface area contributed by atoms with Gasteiger partial charge in [-0.2, -0.15) is 0 Å². The Kier molecular flexibility index (Phi) is 59.5. The molecule has 77 heavy (non-hydrogen) atoms. The van der Waals surface area contributed by atoms with Crippen LogP contribution in [0.3, 0.4) is 0 Å². The van der Waals surface area contributed by atoms with Gasteiger partial charge in [0, 0.05) is 19.3 Å². The summed E-state index contributed by atoms with van der Waals surface area (Å²) in [5, 5.41) is 0. The van der Waals surface area contributed by atoms with Crippen LogP contribution >= 0.6 is 0 Å². The van der Waals surface area contributed by atoms with Crippen LogP contribution < -0.4 is 0 Å². The van der Waals surface area contributed by atoms with Crippen LogP contribution in [0.15, 0.2) is 158 Å². The minimum atomic E-state index is -0.810. The summed E-state index contributed by atoms with van der Waals surface area (Å²) >= 11 is 0. The second-order valence-corrected chi connectivity index (χ2v) is 19.8. The largest absolute Gasteiger partial charge is 0.462 e. The fraction of sp³-hybridized carbons (Fsp3) is 0.592. The van der Waals surface area contributed by atoms with Crippen molar-refractivity contribution in [3.8, 4) is 0 Å². The van der Waals surface area contributed by atoms with Gasteiger partial charge in [0.15, 0.2) is 6.10 Å². The fourth-order valence-electron chi connectivity index (χ4n) is 7.90. The normalized spacial score (nSPS) is 13.2. The van der Waals surface area contributed by atoms with Gasteiger partial charge in [-0.25, -0.2) is 0 Å². The number of ether oxygens (including phenoxy) is 3. The Balaban J connectivity index is 4.44. The molecule has 0 aliphatic carbocycles. The highest BCUT2D eigenvalue weighted by Gasteiger charge is 2.19. The predicted molar refractivity (Wildman–Crippen MR) is 334 cm³/mol. The molecule has 0 fully saturated rings. The van der Waals surface area contributed by atoms with Gasteiger partial charge >= 0.3 is 17.9 Å². The van der Waals surface area contributed by atoms with Crippen molar-refractivity contribution in [3.63, 3.8) is 0 Å². The first-order valence-corrected chi connectivity index (χ1v) is 31.0. The Bertz CT molecular complexity index is 1740. The molecular formula is C71H112O6. The van der Waals surface area contributed by atoms with E-state index >= 15 is 0 Å². The zero-order chi connectivity index (χ0) is 55.7. The van der Waals surface area contributed by atoms with Crippen molar-refractivity contribution in [1.82, 2.24) is 0 Å². The lowest BCUT2D eigenvalue weighted by Gasteiger charge is -2.18. The van der Waals surface area contributed by atoms with Gasteiger partial charge in [0.2, 0.25) is 0 Å². The highest BCUT2D eigenvalue weighted by Crippen LogP contribution is 2.14. The van der Waals surface area contributed by atoms with E-state index in [4.69, 9.17) is 14.2 Å². The summed E-state index contributed by atoms with van der Waals surface area (Å²) in [4.78, 5) is 38.2. The molecular weight excluding hydrogens is 949 g/mol. The summed E-state index contributed by atoms with van der Waals surface area (Å²) in [6.07, 6.45) is 92.4. The minimum Gasteiger partial charge on any atom is -0.462 e. The van der Waals surface area contributed by atoms with Crippen LogP contribution in [0.2, 0.25) is 0 Å². The molecule has 0 saturated carbocycles. The summed E-state index contributed by atoms with van der Waals surface area (Å²) in [6.45, 7) is 6.32. The van der Waals surface area contributed by atoms with Gasteiger partial charge in [0.1, 0.15) is 13.2 Å². The van der Waals surface area contributed by atoms with Crippen LogP contribution in [-0.4, -0.2) is 37.2 Å². The third kappa shape index (κ3) is 61.8. The van der Waals surface area contributed by atoms with E-state index in [9.17, 15) is 14.4 Å². The maximum absolute atomic E-state index is 12.9. The molecule has 0 aliphatic heterocycles. The first-order chi connectivity index (χ1) is 38.0. The van der Waals surface area contributed by atoms with E-state index in [1.165, 1.54) is 44.9 Å². The van der Waals surface area contributed by atoms with E-state index in [0.717, 1.165) is 167 Å². The summed E-state index contributed by atoms with van der Waals surface area (Å²) in [5.41, 5.74) is 0. The first kappa shape index (κ1) is 72.0. The standard InChI is InChI=1S/C71H112O6/c1-4-7-10-13-16-19-22-24-26-28-30-32-34-35-37-38-40-42-44-46-49-52-55-58-61-64-70(73)76-67-68(66-75-69(72)63-60-57-54-51-48-21-18-15-12-9-6-3)77-71(74)65-62-59-56-53-50-47-45-43-41-39-36-33-31-29-27-25-23-20-17-14-11-8-5-2/h7-8,10-11,15-20,24-27,30-33,35,37,39-42,46,49,68H,4-6,9,12-14,21-23,28-29,34,36,38,43-45,47-48,50-67H2,1-3H3/b10-7-,11-8-,18-15-,19-16-,20-17-,26-24-,27-25-,32-30-,33-31-,37-35-,41-39-,42-40-,49-46-. The molecule has 0 aromatic rings. The number of carbonyl (C=O) groups excluding carboxylic acids is 3. The SMILES string of the molecule is CC/C=C\C/C=C\C/C=C\C/C=C\C/C=C\C/C=C\C/C=C\CCCCCC(=O)OCC(COC(=O)CCCCCCC/C=C\CCCC)OC(=O)CCCCCCCCC/C=C\C/C=C\C/C=C\C/C=C\C/C=C\CC. The van der Waals surface area contributed by atoms with Crippen LogP contribution in [0.25, 0.3) is 0 Å². The highest BCUT2D eigenvalue weighted by molar-refractivity contribution is 5.71. The van der Waals surface area contributed by atoms with Gasteiger partial charge in [-0.15, -0.1) is 0 Å². The van der Waals surface area contributed by atoms with Crippen LogP contribution in [0.4, 0.5) is 0 Å². The Labute approximate surface area is 473 Å². The lowest BCUT2D eigenvalue weighted by Crippen LogP contribution is -2.30. The minimum absolute atomic E-state index is 0.104. The van der Waals surface area contributed by atoms with Crippen LogP contribution in [0.5, 0.6) is 0 Å². The molecule has 0 N–H and O–H groups in total. The predicted octanol–water partition coefficient (Wildman–Crippen LogP) is 21.3. The Morgan fingerprint density at radius 1 is 0.273 bits per heavy atom. The molecule has 1 unspecified atom stereocenters. The lowest BCUT2D eigenvalue weighted by molar-refractivity contribution is -0.167. The van der Waals surface area contributed by atoms with Crippen LogP contribution in [0.1, 0.15) is 252 Å². The van der Waals surface area contributed by atoms with Crippen molar-refractivity contribution in [1.29, 1.82) is 0 Å². The third-order valence-corrected chi connectivity index (χ3v) is 12.5. The second kappa shape index (κ2) is 63.6. The molecule has 6 nitrogen and oxygen atoms in total. The molecule has 0 bridgehead atoms. The average Bonchev–Trinajstić information content (AvgIpc) is 3.43. The van der Waals surface area contributed by atoms with E-state index in [2.05, 4.69) is 179 Å². The molecule has 0 aliphatic rings. The Morgan fingerprint density at radius 3 is 0.818 bits per heavy atom. The van der Waals surface area contributed by atoms with E-state index < -0.39 is 6.10 Å². The second-order valence-electron chi connectivity index (χ2n) is 19.8. The lowest BCUT2D eigenvalue weighted by atomic mass is 10.1. The summed E-state index contributed by atoms with van der Waals surface area (Å²) < 4.78 is 16.8. The van der Waals surface area contributed by atoms with Crippen molar-refractivity contribution in [2.24, 2.45) is 0 Å². The van der Waals surface area contributed by atoms with Crippen molar-refractivity contribution in [2.75, 3.05) is 13.2 Å². The van der Waals surface area contributed by atoms with Gasteiger partial charge in [0.25, 0.3) is 0 Å². The van der Waals surface area contributed by atoms with Crippen molar-refractivity contribution < 1.29 is 28.6 Å². The van der Waals surface area contributed by atoms with Gasteiger partial charge < -0.3 is 14.2 Å². The van der Waals surface area contributed by atoms with Gasteiger partial charge in [-0.3, -0.25) is 14.4 Å². The number of carbonyl (C=O) groups is 3. The molecule has 6 heteroatoms. The molecule has 0 amide bonds. The van der Waals surface area contributed by atoms with Gasteiger partial charge in [-0.05, 0) is 141 Å². The van der Waals surface area contributed by atoms with E-state index in [1.807, 2.05) is 0 Å². The van der Waals surface area contributed by atoms with E-state index in [-0.39, 0.29) is 31.1 Å². The topological polar surface area (TPSA) is 78.9 Å². The summed E-state index contributed by atoms with van der Waals surface area (Å²) in [7, 11) is 0. The molecule has 0 spiro atoms. The number of unbranched alkanes of at least 4 members (excludes halogenated alkanes) is 17. The number of allylic oxidation sites excluding steroid dienone is 26. The number of esters is 3. The smallest absolute Gasteiger partial charge is 0.306 e. The van der Waals surface area contributed by atoms with Gasteiger partial charge in [0.05, 0.1) is 0 Å². The molecule has 0 radical (unpaired) electrons. The maximum Gasteiger partial charge on any atom is 0.306 e. The monoisotopic (exact) mass is 1060 g/mol. The molecule has 0 saturated heterocycles. The van der Waals surface area contributed by atoms with Crippen LogP contribution in [0, 0.1) is 0 Å².